The lowest BCUT2D eigenvalue weighted by Gasteiger charge is -2.28. The number of nitrogens with zero attached hydrogens (tertiary/aromatic N) is 1. The van der Waals surface area contributed by atoms with Gasteiger partial charge in [-0.1, -0.05) is 49.8 Å². The molecule has 27 heavy (non-hydrogen) atoms. The van der Waals surface area contributed by atoms with Gasteiger partial charge in [0.1, 0.15) is 11.9 Å². The van der Waals surface area contributed by atoms with E-state index >= 15 is 0 Å². The third kappa shape index (κ3) is 3.56. The smallest absolute Gasteiger partial charge is 0.144 e. The number of halogens is 1. The standard InChI is InChI=1S/C25H26FN/c1-2-17-3-5-18(6-4-17)19-7-9-20(10-8-19)21-13-14-24-22(15-21)11-12-23(16-27)25(24)26/h7-13,17-18H,2-6,14-15H2,1H3. The fourth-order valence-electron chi connectivity index (χ4n) is 4.73. The molecule has 0 heterocycles. The predicted molar refractivity (Wildman–Crippen MR) is 108 cm³/mol. The van der Waals surface area contributed by atoms with E-state index in [1.54, 1.807) is 6.07 Å². The molecule has 0 bridgehead atoms. The molecule has 0 aliphatic heterocycles. The van der Waals surface area contributed by atoms with Crippen LogP contribution in [-0.4, -0.2) is 0 Å². The molecule has 0 spiro atoms. The molecule has 0 radical (unpaired) electrons. The first-order chi connectivity index (χ1) is 13.2. The normalized spacial score (nSPS) is 21.9. The first kappa shape index (κ1) is 18.0. The third-order valence-electron chi connectivity index (χ3n) is 6.57. The van der Waals surface area contributed by atoms with E-state index in [2.05, 4.69) is 37.3 Å². The molecule has 138 valence electrons. The molecule has 2 aliphatic carbocycles. The highest BCUT2D eigenvalue weighted by atomic mass is 19.1. The van der Waals surface area contributed by atoms with E-state index in [0.717, 1.165) is 17.9 Å². The largest absolute Gasteiger partial charge is 0.205 e. The van der Waals surface area contributed by atoms with Crippen LogP contribution in [0.4, 0.5) is 4.39 Å². The fraction of sp³-hybridized carbons (Fsp3) is 0.400. The summed E-state index contributed by atoms with van der Waals surface area (Å²) in [7, 11) is 0. The van der Waals surface area contributed by atoms with Crippen LogP contribution in [0, 0.1) is 23.1 Å². The summed E-state index contributed by atoms with van der Waals surface area (Å²) in [5.74, 6) is 1.29. The number of nitriles is 1. The van der Waals surface area contributed by atoms with Crippen LogP contribution in [-0.2, 0) is 12.8 Å². The van der Waals surface area contributed by atoms with E-state index in [4.69, 9.17) is 5.26 Å². The predicted octanol–water partition coefficient (Wildman–Crippen LogP) is 6.56. The molecule has 0 N–H and O–H groups in total. The van der Waals surface area contributed by atoms with Gasteiger partial charge in [0.05, 0.1) is 5.56 Å². The minimum Gasteiger partial charge on any atom is -0.205 e. The van der Waals surface area contributed by atoms with Gasteiger partial charge in [0.2, 0.25) is 0 Å². The van der Waals surface area contributed by atoms with E-state index in [1.807, 2.05) is 12.1 Å². The van der Waals surface area contributed by atoms with Crippen LogP contribution in [0.5, 0.6) is 0 Å². The molecular weight excluding hydrogens is 333 g/mol. The van der Waals surface area contributed by atoms with Gasteiger partial charge in [0, 0.05) is 0 Å². The van der Waals surface area contributed by atoms with E-state index in [-0.39, 0.29) is 11.4 Å². The summed E-state index contributed by atoms with van der Waals surface area (Å²) in [4.78, 5) is 0. The highest BCUT2D eigenvalue weighted by Gasteiger charge is 2.22. The Balaban J connectivity index is 1.49. The lowest BCUT2D eigenvalue weighted by atomic mass is 9.77. The average molecular weight is 359 g/mol. The Morgan fingerprint density at radius 2 is 1.78 bits per heavy atom. The summed E-state index contributed by atoms with van der Waals surface area (Å²) in [6.45, 7) is 2.31. The van der Waals surface area contributed by atoms with Crippen LogP contribution in [0.3, 0.4) is 0 Å². The quantitative estimate of drug-likeness (QED) is 0.608. The maximum Gasteiger partial charge on any atom is 0.144 e. The summed E-state index contributed by atoms with van der Waals surface area (Å²) in [5.41, 5.74) is 5.79. The van der Waals surface area contributed by atoms with Gasteiger partial charge in [-0.2, -0.15) is 5.26 Å². The van der Waals surface area contributed by atoms with Crippen molar-refractivity contribution in [3.05, 3.63) is 76.1 Å². The Bertz CT molecular complexity index is 893. The zero-order chi connectivity index (χ0) is 18.8. The Hall–Kier alpha value is -2.40. The molecular formula is C25H26FN. The number of hydrogen-bond acceptors (Lipinski definition) is 1. The van der Waals surface area contributed by atoms with Gasteiger partial charge in [0.15, 0.2) is 0 Å². The third-order valence-corrected chi connectivity index (χ3v) is 6.57. The monoisotopic (exact) mass is 359 g/mol. The molecule has 2 aromatic rings. The van der Waals surface area contributed by atoms with Gasteiger partial charge in [-0.05, 0) is 84.3 Å². The SMILES string of the molecule is CCC1CCC(c2ccc(C3=CCc4c(ccc(C#N)c4F)C3)cc2)CC1. The molecule has 0 unspecified atom stereocenters. The van der Waals surface area contributed by atoms with Crippen molar-refractivity contribution in [3.8, 4) is 6.07 Å². The van der Waals surface area contributed by atoms with E-state index in [1.165, 1.54) is 48.8 Å². The number of fused-ring (bicyclic) bond motifs is 1. The molecule has 2 heteroatoms. The van der Waals surface area contributed by atoms with Crippen molar-refractivity contribution in [2.45, 2.75) is 57.8 Å². The number of rotatable bonds is 3. The number of hydrogen-bond donors (Lipinski definition) is 0. The Morgan fingerprint density at radius 3 is 2.44 bits per heavy atom. The van der Waals surface area contributed by atoms with Crippen LogP contribution < -0.4 is 0 Å². The van der Waals surface area contributed by atoms with Crippen LogP contribution in [0.2, 0.25) is 0 Å². The zero-order valence-electron chi connectivity index (χ0n) is 16.0. The Kier molecular flexibility index (Phi) is 5.12. The van der Waals surface area contributed by atoms with E-state index in [0.29, 0.717) is 17.9 Å². The molecule has 2 aliphatic rings. The summed E-state index contributed by atoms with van der Waals surface area (Å²) in [6.07, 6.45) is 10.1. The highest BCUT2D eigenvalue weighted by molar-refractivity contribution is 5.71. The molecule has 2 aromatic carbocycles. The summed E-state index contributed by atoms with van der Waals surface area (Å²) < 4.78 is 14.3. The minimum atomic E-state index is -0.344. The van der Waals surface area contributed by atoms with E-state index in [9.17, 15) is 4.39 Å². The number of allylic oxidation sites excluding steroid dienone is 2. The molecule has 1 fully saturated rings. The summed E-state index contributed by atoms with van der Waals surface area (Å²) in [6, 6.07) is 14.5. The van der Waals surface area contributed by atoms with Gasteiger partial charge in [-0.25, -0.2) is 4.39 Å². The first-order valence-electron chi connectivity index (χ1n) is 10.2. The molecule has 1 saturated carbocycles. The van der Waals surface area contributed by atoms with Crippen molar-refractivity contribution in [1.29, 1.82) is 5.26 Å². The van der Waals surface area contributed by atoms with Gasteiger partial charge in [-0.3, -0.25) is 0 Å². The topological polar surface area (TPSA) is 23.8 Å². The molecule has 1 nitrogen and oxygen atoms in total. The Morgan fingerprint density at radius 1 is 1.04 bits per heavy atom. The number of benzene rings is 2. The van der Waals surface area contributed by atoms with Crippen molar-refractivity contribution >= 4 is 5.57 Å². The molecule has 0 amide bonds. The second-order valence-electron chi connectivity index (χ2n) is 8.03. The van der Waals surface area contributed by atoms with Crippen LogP contribution in [0.1, 0.15) is 72.8 Å². The second-order valence-corrected chi connectivity index (χ2v) is 8.03. The Labute approximate surface area is 161 Å². The van der Waals surface area contributed by atoms with Crippen molar-refractivity contribution in [2.75, 3.05) is 0 Å². The van der Waals surface area contributed by atoms with Crippen molar-refractivity contribution in [2.24, 2.45) is 5.92 Å². The van der Waals surface area contributed by atoms with Crippen molar-refractivity contribution < 1.29 is 4.39 Å². The lowest BCUT2D eigenvalue weighted by Crippen LogP contribution is -2.12. The van der Waals surface area contributed by atoms with Gasteiger partial charge in [0.25, 0.3) is 0 Å². The van der Waals surface area contributed by atoms with Crippen LogP contribution in [0.25, 0.3) is 5.57 Å². The van der Waals surface area contributed by atoms with Crippen molar-refractivity contribution in [1.82, 2.24) is 0 Å². The lowest BCUT2D eigenvalue weighted by molar-refractivity contribution is 0.319. The van der Waals surface area contributed by atoms with Crippen LogP contribution >= 0.6 is 0 Å². The highest BCUT2D eigenvalue weighted by Crippen LogP contribution is 2.37. The van der Waals surface area contributed by atoms with Gasteiger partial charge in [-0.15, -0.1) is 0 Å². The van der Waals surface area contributed by atoms with Gasteiger partial charge >= 0.3 is 0 Å². The summed E-state index contributed by atoms with van der Waals surface area (Å²) in [5, 5.41) is 9.01. The average Bonchev–Trinajstić information content (AvgIpc) is 2.74. The molecule has 0 saturated heterocycles. The van der Waals surface area contributed by atoms with Gasteiger partial charge < -0.3 is 0 Å². The molecule has 0 aromatic heterocycles. The maximum atomic E-state index is 14.3. The second kappa shape index (κ2) is 7.69. The maximum absolute atomic E-state index is 14.3. The minimum absolute atomic E-state index is 0.146. The fourth-order valence-corrected chi connectivity index (χ4v) is 4.73. The van der Waals surface area contributed by atoms with Crippen molar-refractivity contribution in [3.63, 3.8) is 0 Å². The first-order valence-corrected chi connectivity index (χ1v) is 10.2. The van der Waals surface area contributed by atoms with E-state index < -0.39 is 0 Å². The summed E-state index contributed by atoms with van der Waals surface area (Å²) >= 11 is 0. The molecule has 0 atom stereocenters. The zero-order valence-corrected chi connectivity index (χ0v) is 16.0. The molecule has 4 rings (SSSR count). The van der Waals surface area contributed by atoms with Crippen LogP contribution in [0.15, 0.2) is 42.5 Å².